The molecule has 4 rings (SSSR count). The molecule has 0 N–H and O–H groups in total. The SMILES string of the molecule is Cc1cc(C)n(CC(=O)N2CCOC(C(=O)N3CCc4ccccc4C3)C2)n1. The number of ether oxygens (including phenoxy) is 1. The van der Waals surface area contributed by atoms with E-state index in [1.165, 1.54) is 11.1 Å². The van der Waals surface area contributed by atoms with Crippen molar-refractivity contribution in [3.8, 4) is 0 Å². The van der Waals surface area contributed by atoms with Gasteiger partial charge in [0.05, 0.1) is 18.8 Å². The van der Waals surface area contributed by atoms with Crippen molar-refractivity contribution < 1.29 is 14.3 Å². The Labute approximate surface area is 164 Å². The third-order valence-electron chi connectivity index (χ3n) is 5.53. The molecule has 0 spiro atoms. The molecular formula is C21H26N4O3. The molecule has 2 aliphatic heterocycles. The predicted octanol–water partition coefficient (Wildman–Crippen LogP) is 1.31. The van der Waals surface area contributed by atoms with E-state index in [1.54, 1.807) is 9.58 Å². The standard InChI is InChI=1S/C21H26N4O3/c1-15-11-16(2)25(22-15)14-20(26)23-9-10-28-19(13-23)21(27)24-8-7-17-5-3-4-6-18(17)12-24/h3-6,11,19H,7-10,12-14H2,1-2H3. The van der Waals surface area contributed by atoms with Crippen LogP contribution in [-0.2, 0) is 33.8 Å². The number of rotatable bonds is 3. The van der Waals surface area contributed by atoms with Crippen LogP contribution in [-0.4, -0.2) is 63.7 Å². The van der Waals surface area contributed by atoms with E-state index < -0.39 is 6.10 Å². The van der Waals surface area contributed by atoms with E-state index in [9.17, 15) is 9.59 Å². The average molecular weight is 382 g/mol. The van der Waals surface area contributed by atoms with Crippen molar-refractivity contribution in [3.63, 3.8) is 0 Å². The highest BCUT2D eigenvalue weighted by molar-refractivity contribution is 5.83. The molecule has 0 saturated carbocycles. The van der Waals surface area contributed by atoms with Crippen molar-refractivity contribution in [3.05, 3.63) is 52.8 Å². The van der Waals surface area contributed by atoms with Gasteiger partial charge in [0.2, 0.25) is 5.91 Å². The zero-order valence-corrected chi connectivity index (χ0v) is 16.4. The van der Waals surface area contributed by atoms with E-state index in [1.807, 2.05) is 36.9 Å². The number of hydrogen-bond acceptors (Lipinski definition) is 4. The Kier molecular flexibility index (Phi) is 5.17. The van der Waals surface area contributed by atoms with Crippen LogP contribution < -0.4 is 0 Å². The second-order valence-electron chi connectivity index (χ2n) is 7.56. The zero-order valence-electron chi connectivity index (χ0n) is 16.4. The first-order valence-electron chi connectivity index (χ1n) is 9.77. The molecule has 1 aromatic heterocycles. The Hall–Kier alpha value is -2.67. The number of aromatic nitrogens is 2. The maximum atomic E-state index is 13.0. The highest BCUT2D eigenvalue weighted by atomic mass is 16.5. The quantitative estimate of drug-likeness (QED) is 0.803. The minimum atomic E-state index is -0.594. The summed E-state index contributed by atoms with van der Waals surface area (Å²) in [5.41, 5.74) is 4.35. The van der Waals surface area contributed by atoms with Crippen molar-refractivity contribution in [2.24, 2.45) is 0 Å². The average Bonchev–Trinajstić information content (AvgIpc) is 3.03. The summed E-state index contributed by atoms with van der Waals surface area (Å²) in [4.78, 5) is 29.3. The second-order valence-corrected chi connectivity index (χ2v) is 7.56. The van der Waals surface area contributed by atoms with Gasteiger partial charge in [-0.3, -0.25) is 14.3 Å². The fourth-order valence-corrected chi connectivity index (χ4v) is 3.98. The van der Waals surface area contributed by atoms with E-state index in [0.717, 1.165) is 17.8 Å². The van der Waals surface area contributed by atoms with Crippen LogP contribution in [0, 0.1) is 13.8 Å². The molecule has 1 unspecified atom stereocenters. The molecule has 1 fully saturated rings. The largest absolute Gasteiger partial charge is 0.365 e. The van der Waals surface area contributed by atoms with Gasteiger partial charge in [0.25, 0.3) is 5.91 Å². The van der Waals surface area contributed by atoms with Gasteiger partial charge in [-0.2, -0.15) is 5.10 Å². The molecule has 7 nitrogen and oxygen atoms in total. The highest BCUT2D eigenvalue weighted by Crippen LogP contribution is 2.20. The molecule has 2 amide bonds. The maximum absolute atomic E-state index is 13.0. The third kappa shape index (κ3) is 3.80. The van der Waals surface area contributed by atoms with Gasteiger partial charge in [0.1, 0.15) is 6.54 Å². The summed E-state index contributed by atoms with van der Waals surface area (Å²) in [7, 11) is 0. The summed E-state index contributed by atoms with van der Waals surface area (Å²) < 4.78 is 7.45. The van der Waals surface area contributed by atoms with Crippen molar-refractivity contribution in [1.82, 2.24) is 19.6 Å². The van der Waals surface area contributed by atoms with Crippen LogP contribution in [0.2, 0.25) is 0 Å². The predicted molar refractivity (Wildman–Crippen MR) is 104 cm³/mol. The lowest BCUT2D eigenvalue weighted by Gasteiger charge is -2.36. The monoisotopic (exact) mass is 382 g/mol. The van der Waals surface area contributed by atoms with Crippen LogP contribution in [0.15, 0.2) is 30.3 Å². The number of morpholine rings is 1. The van der Waals surface area contributed by atoms with Gasteiger partial charge in [-0.1, -0.05) is 24.3 Å². The lowest BCUT2D eigenvalue weighted by molar-refractivity contribution is -0.155. The first-order chi connectivity index (χ1) is 13.5. The summed E-state index contributed by atoms with van der Waals surface area (Å²) in [6.07, 6.45) is 0.262. The molecule has 2 aromatic rings. The number of hydrogen-bond donors (Lipinski definition) is 0. The van der Waals surface area contributed by atoms with E-state index in [-0.39, 0.29) is 18.4 Å². The lowest BCUT2D eigenvalue weighted by Crippen LogP contribution is -2.53. The minimum absolute atomic E-state index is 0.0295. The van der Waals surface area contributed by atoms with Gasteiger partial charge in [-0.15, -0.1) is 0 Å². The molecule has 0 radical (unpaired) electrons. The summed E-state index contributed by atoms with van der Waals surface area (Å²) in [5.74, 6) is -0.0607. The molecule has 2 aliphatic rings. The van der Waals surface area contributed by atoms with Crippen LogP contribution in [0.5, 0.6) is 0 Å². The van der Waals surface area contributed by atoms with Crippen LogP contribution >= 0.6 is 0 Å². The fraction of sp³-hybridized carbons (Fsp3) is 0.476. The van der Waals surface area contributed by atoms with E-state index >= 15 is 0 Å². The van der Waals surface area contributed by atoms with Crippen molar-refractivity contribution >= 4 is 11.8 Å². The molecule has 7 heteroatoms. The number of aryl methyl sites for hydroxylation is 2. The minimum Gasteiger partial charge on any atom is -0.365 e. The summed E-state index contributed by atoms with van der Waals surface area (Å²) in [6, 6.07) is 10.2. The van der Waals surface area contributed by atoms with Crippen LogP contribution in [0.3, 0.4) is 0 Å². The number of nitrogens with zero attached hydrogens (tertiary/aromatic N) is 4. The summed E-state index contributed by atoms with van der Waals surface area (Å²) >= 11 is 0. The van der Waals surface area contributed by atoms with Gasteiger partial charge in [-0.25, -0.2) is 0 Å². The van der Waals surface area contributed by atoms with Gasteiger partial charge >= 0.3 is 0 Å². The third-order valence-corrected chi connectivity index (χ3v) is 5.53. The zero-order chi connectivity index (χ0) is 19.7. The summed E-state index contributed by atoms with van der Waals surface area (Å²) in [5, 5.41) is 4.36. The Balaban J connectivity index is 1.39. The second kappa shape index (κ2) is 7.75. The first kappa shape index (κ1) is 18.7. The van der Waals surface area contributed by atoms with Crippen molar-refractivity contribution in [1.29, 1.82) is 0 Å². The van der Waals surface area contributed by atoms with Crippen molar-refractivity contribution in [2.45, 2.75) is 39.5 Å². The topological polar surface area (TPSA) is 67.7 Å². The van der Waals surface area contributed by atoms with E-state index in [4.69, 9.17) is 4.74 Å². The number of amides is 2. The fourth-order valence-electron chi connectivity index (χ4n) is 3.98. The van der Waals surface area contributed by atoms with Crippen molar-refractivity contribution in [2.75, 3.05) is 26.2 Å². The molecule has 1 saturated heterocycles. The van der Waals surface area contributed by atoms with Crippen LogP contribution in [0.25, 0.3) is 0 Å². The van der Waals surface area contributed by atoms with Crippen LogP contribution in [0.4, 0.5) is 0 Å². The Morgan fingerprint density at radius 1 is 1.14 bits per heavy atom. The lowest BCUT2D eigenvalue weighted by atomic mass is 9.99. The summed E-state index contributed by atoms with van der Waals surface area (Å²) in [6.45, 7) is 6.52. The van der Waals surface area contributed by atoms with Crippen LogP contribution in [0.1, 0.15) is 22.5 Å². The van der Waals surface area contributed by atoms with Gasteiger partial charge in [-0.05, 0) is 37.5 Å². The first-order valence-corrected chi connectivity index (χ1v) is 9.77. The number of carbonyl (C=O) groups is 2. The highest BCUT2D eigenvalue weighted by Gasteiger charge is 2.33. The molecular weight excluding hydrogens is 356 g/mol. The molecule has 1 aromatic carbocycles. The smallest absolute Gasteiger partial charge is 0.253 e. The molecule has 0 bridgehead atoms. The molecule has 1 atom stereocenters. The molecule has 0 aliphatic carbocycles. The van der Waals surface area contributed by atoms with Gasteiger partial charge in [0.15, 0.2) is 6.10 Å². The van der Waals surface area contributed by atoms with E-state index in [2.05, 4.69) is 17.2 Å². The normalized spacial score (nSPS) is 19.4. The number of benzene rings is 1. The maximum Gasteiger partial charge on any atom is 0.253 e. The molecule has 3 heterocycles. The van der Waals surface area contributed by atoms with Gasteiger partial charge in [0, 0.05) is 25.3 Å². The molecule has 28 heavy (non-hydrogen) atoms. The Bertz CT molecular complexity index is 892. The van der Waals surface area contributed by atoms with Gasteiger partial charge < -0.3 is 14.5 Å². The van der Waals surface area contributed by atoms with E-state index in [0.29, 0.717) is 32.8 Å². The Morgan fingerprint density at radius 2 is 1.93 bits per heavy atom. The Morgan fingerprint density at radius 3 is 2.68 bits per heavy atom. The number of fused-ring (bicyclic) bond motifs is 1. The molecule has 148 valence electrons. The number of carbonyl (C=O) groups excluding carboxylic acids is 2.